The van der Waals surface area contributed by atoms with Crippen LogP contribution in [0, 0.1) is 0 Å². The van der Waals surface area contributed by atoms with Crippen LogP contribution in [0.15, 0.2) is 45.5 Å². The fraction of sp³-hybridized carbons (Fsp3) is 0.389. The van der Waals surface area contributed by atoms with Crippen LogP contribution in [0.2, 0.25) is 0 Å². The minimum atomic E-state index is -0.138. The zero-order valence-electron chi connectivity index (χ0n) is 13.8. The van der Waals surface area contributed by atoms with Gasteiger partial charge in [0, 0.05) is 29.6 Å². The molecule has 1 saturated heterocycles. The SMILES string of the molecule is Cl.NCc1cc(C(=O)NCC2(c3ccc(Br)cc3)CCOCC2)co1. The van der Waals surface area contributed by atoms with Crippen LogP contribution >= 0.6 is 28.3 Å². The Hall–Kier alpha value is -1.34. The van der Waals surface area contributed by atoms with Crippen LogP contribution in [0.1, 0.15) is 34.5 Å². The monoisotopic (exact) mass is 428 g/mol. The molecule has 25 heavy (non-hydrogen) atoms. The fourth-order valence-electron chi connectivity index (χ4n) is 3.09. The van der Waals surface area contributed by atoms with Gasteiger partial charge in [-0.1, -0.05) is 28.1 Å². The molecule has 1 aliphatic heterocycles. The van der Waals surface area contributed by atoms with E-state index in [2.05, 4.69) is 33.4 Å². The molecule has 0 aliphatic carbocycles. The normalized spacial score (nSPS) is 16.1. The lowest BCUT2D eigenvalue weighted by molar-refractivity contribution is 0.0487. The second-order valence-electron chi connectivity index (χ2n) is 6.09. The summed E-state index contributed by atoms with van der Waals surface area (Å²) in [7, 11) is 0. The van der Waals surface area contributed by atoms with Crippen LogP contribution in [0.4, 0.5) is 0 Å². The largest absolute Gasteiger partial charge is 0.467 e. The maximum atomic E-state index is 12.4. The molecule has 3 N–H and O–H groups in total. The van der Waals surface area contributed by atoms with Crippen LogP contribution in [0.3, 0.4) is 0 Å². The summed E-state index contributed by atoms with van der Waals surface area (Å²) in [4.78, 5) is 12.4. The van der Waals surface area contributed by atoms with Crippen molar-refractivity contribution in [3.8, 4) is 0 Å². The summed E-state index contributed by atoms with van der Waals surface area (Å²) in [5.74, 6) is 0.468. The van der Waals surface area contributed by atoms with Crippen LogP contribution < -0.4 is 11.1 Å². The molecule has 7 heteroatoms. The van der Waals surface area contributed by atoms with Gasteiger partial charge in [-0.2, -0.15) is 0 Å². The van der Waals surface area contributed by atoms with E-state index in [1.54, 1.807) is 6.07 Å². The van der Waals surface area contributed by atoms with Gasteiger partial charge in [0.25, 0.3) is 5.91 Å². The summed E-state index contributed by atoms with van der Waals surface area (Å²) in [5, 5.41) is 3.05. The summed E-state index contributed by atoms with van der Waals surface area (Å²) >= 11 is 3.47. The van der Waals surface area contributed by atoms with Crippen LogP contribution in [0.5, 0.6) is 0 Å². The van der Waals surface area contributed by atoms with E-state index in [0.29, 0.717) is 31.1 Å². The molecule has 136 valence electrons. The molecule has 3 rings (SSSR count). The number of carbonyl (C=O) groups is 1. The van der Waals surface area contributed by atoms with Crippen molar-refractivity contribution in [3.63, 3.8) is 0 Å². The molecular formula is C18H22BrClN2O3. The third-order valence-corrected chi connectivity index (χ3v) is 5.14. The van der Waals surface area contributed by atoms with Gasteiger partial charge in [0.05, 0.1) is 12.1 Å². The van der Waals surface area contributed by atoms with Crippen molar-refractivity contribution in [1.29, 1.82) is 0 Å². The number of rotatable bonds is 5. The maximum Gasteiger partial charge on any atom is 0.254 e. The summed E-state index contributed by atoms with van der Waals surface area (Å²) in [6, 6.07) is 10.00. The third kappa shape index (κ3) is 4.64. The zero-order chi connectivity index (χ0) is 17.0. The standard InChI is InChI=1S/C18H21BrN2O3.ClH/c19-15-3-1-14(2-4-15)18(5-7-23-8-6-18)12-21-17(22)13-9-16(10-20)24-11-13;/h1-4,9,11H,5-8,10,12,20H2,(H,21,22);1H. The van der Waals surface area contributed by atoms with Crippen molar-refractivity contribution < 1.29 is 13.9 Å². The van der Waals surface area contributed by atoms with Crippen molar-refractivity contribution >= 4 is 34.2 Å². The first-order valence-electron chi connectivity index (χ1n) is 8.02. The number of ether oxygens (including phenoxy) is 1. The van der Waals surface area contributed by atoms with E-state index in [9.17, 15) is 4.79 Å². The molecule has 0 saturated carbocycles. The smallest absolute Gasteiger partial charge is 0.254 e. The molecule has 1 aromatic carbocycles. The predicted molar refractivity (Wildman–Crippen MR) is 102 cm³/mol. The van der Waals surface area contributed by atoms with Crippen molar-refractivity contribution in [3.05, 3.63) is 58.0 Å². The molecule has 2 heterocycles. The minimum absolute atomic E-state index is 0. The first-order valence-corrected chi connectivity index (χ1v) is 8.82. The van der Waals surface area contributed by atoms with E-state index in [1.807, 2.05) is 12.1 Å². The first kappa shape index (κ1) is 20.0. The molecule has 1 aromatic heterocycles. The number of hydrogen-bond donors (Lipinski definition) is 2. The summed E-state index contributed by atoms with van der Waals surface area (Å²) in [6.07, 6.45) is 3.22. The van der Waals surface area contributed by atoms with E-state index in [4.69, 9.17) is 14.9 Å². The Morgan fingerprint density at radius 1 is 1.24 bits per heavy atom. The molecule has 1 amide bonds. The van der Waals surface area contributed by atoms with Gasteiger partial charge in [0.15, 0.2) is 0 Å². The fourth-order valence-corrected chi connectivity index (χ4v) is 3.36. The highest BCUT2D eigenvalue weighted by Crippen LogP contribution is 2.35. The Labute approximate surface area is 161 Å². The number of hydrogen-bond acceptors (Lipinski definition) is 4. The highest BCUT2D eigenvalue weighted by molar-refractivity contribution is 9.10. The molecule has 0 spiro atoms. The Morgan fingerprint density at radius 2 is 1.92 bits per heavy atom. The number of nitrogens with two attached hydrogens (primary N) is 1. The lowest BCUT2D eigenvalue weighted by Gasteiger charge is -2.38. The molecule has 0 bridgehead atoms. The number of furan rings is 1. The zero-order valence-corrected chi connectivity index (χ0v) is 16.2. The highest BCUT2D eigenvalue weighted by atomic mass is 79.9. The quantitative estimate of drug-likeness (QED) is 0.763. The van der Waals surface area contributed by atoms with E-state index in [-0.39, 0.29) is 30.3 Å². The molecule has 0 atom stereocenters. The average molecular weight is 430 g/mol. The van der Waals surface area contributed by atoms with Crippen LogP contribution in [0.25, 0.3) is 0 Å². The Bertz CT molecular complexity index is 697. The second kappa shape index (κ2) is 8.85. The van der Waals surface area contributed by atoms with Crippen molar-refractivity contribution in [2.45, 2.75) is 24.8 Å². The lowest BCUT2D eigenvalue weighted by atomic mass is 9.74. The second-order valence-corrected chi connectivity index (χ2v) is 7.00. The number of halogens is 2. The van der Waals surface area contributed by atoms with E-state index >= 15 is 0 Å². The number of nitrogens with one attached hydrogen (secondary N) is 1. The Kier molecular flexibility index (Phi) is 7.07. The third-order valence-electron chi connectivity index (χ3n) is 4.61. The number of benzene rings is 1. The Balaban J connectivity index is 0.00000225. The predicted octanol–water partition coefficient (Wildman–Crippen LogP) is 3.40. The van der Waals surface area contributed by atoms with Gasteiger partial charge in [0.1, 0.15) is 12.0 Å². The van der Waals surface area contributed by atoms with Crippen LogP contribution in [-0.4, -0.2) is 25.7 Å². The molecule has 0 radical (unpaired) electrons. The summed E-state index contributed by atoms with van der Waals surface area (Å²) in [6.45, 7) is 2.26. The maximum absolute atomic E-state index is 12.4. The lowest BCUT2D eigenvalue weighted by Crippen LogP contribution is -2.44. The molecule has 0 unspecified atom stereocenters. The van der Waals surface area contributed by atoms with Gasteiger partial charge < -0.3 is 20.2 Å². The first-order chi connectivity index (χ1) is 11.6. The molecule has 5 nitrogen and oxygen atoms in total. The van der Waals surface area contributed by atoms with E-state index in [1.165, 1.54) is 11.8 Å². The molecular weight excluding hydrogens is 408 g/mol. The van der Waals surface area contributed by atoms with Crippen molar-refractivity contribution in [2.75, 3.05) is 19.8 Å². The molecule has 2 aromatic rings. The summed E-state index contributed by atoms with van der Waals surface area (Å²) in [5.41, 5.74) is 7.15. The topological polar surface area (TPSA) is 77.5 Å². The highest BCUT2D eigenvalue weighted by Gasteiger charge is 2.35. The molecule has 1 aliphatic rings. The number of carbonyl (C=O) groups excluding carboxylic acids is 1. The van der Waals surface area contributed by atoms with Gasteiger partial charge >= 0.3 is 0 Å². The number of amides is 1. The summed E-state index contributed by atoms with van der Waals surface area (Å²) < 4.78 is 11.8. The minimum Gasteiger partial charge on any atom is -0.467 e. The van der Waals surface area contributed by atoms with Gasteiger partial charge in [-0.3, -0.25) is 4.79 Å². The van der Waals surface area contributed by atoms with E-state index < -0.39 is 0 Å². The average Bonchev–Trinajstić information content (AvgIpc) is 3.10. The molecule has 1 fully saturated rings. The Morgan fingerprint density at radius 3 is 2.52 bits per heavy atom. The van der Waals surface area contributed by atoms with Gasteiger partial charge in [-0.15, -0.1) is 12.4 Å². The van der Waals surface area contributed by atoms with Crippen molar-refractivity contribution in [1.82, 2.24) is 5.32 Å². The van der Waals surface area contributed by atoms with Gasteiger partial charge in [-0.25, -0.2) is 0 Å². The van der Waals surface area contributed by atoms with Crippen molar-refractivity contribution in [2.24, 2.45) is 5.73 Å². The van der Waals surface area contributed by atoms with Crippen LogP contribution in [-0.2, 0) is 16.7 Å². The van der Waals surface area contributed by atoms with Gasteiger partial charge in [-0.05, 0) is 36.6 Å². The van der Waals surface area contributed by atoms with Gasteiger partial charge in [0.2, 0.25) is 0 Å². The van der Waals surface area contributed by atoms with E-state index in [0.717, 1.165) is 17.3 Å².